The third-order valence-electron chi connectivity index (χ3n) is 3.39. The average Bonchev–Trinajstić information content (AvgIpc) is 3.00. The predicted octanol–water partition coefficient (Wildman–Crippen LogP) is 3.53. The van der Waals surface area contributed by atoms with Gasteiger partial charge < -0.3 is 15.0 Å². The van der Waals surface area contributed by atoms with E-state index in [4.69, 9.17) is 4.74 Å². The van der Waals surface area contributed by atoms with Gasteiger partial charge in [-0.2, -0.15) is 11.3 Å². The molecule has 0 radical (unpaired) electrons. The van der Waals surface area contributed by atoms with E-state index in [2.05, 4.69) is 22.1 Å². The van der Waals surface area contributed by atoms with Gasteiger partial charge in [-0.05, 0) is 53.4 Å². The highest BCUT2D eigenvalue weighted by Crippen LogP contribution is 2.14. The van der Waals surface area contributed by atoms with E-state index in [1.165, 1.54) is 5.56 Å². The van der Waals surface area contributed by atoms with Crippen LogP contribution in [0.4, 0.5) is 4.79 Å². The van der Waals surface area contributed by atoms with Gasteiger partial charge in [0.1, 0.15) is 5.75 Å². The standard InChI is InChI=1S/C17H22N2O2S/c1-13(9-15-7-8-22-12-15)18-17(20)19(2)11-14-5-4-6-16(10-14)21-3/h4-8,10,12-13H,9,11H2,1-3H3,(H,18,20)/t13-/m0/s1. The quantitative estimate of drug-likeness (QED) is 0.885. The molecule has 1 heterocycles. The first kappa shape index (κ1) is 16.4. The second-order valence-corrected chi connectivity index (χ2v) is 6.17. The smallest absolute Gasteiger partial charge is 0.317 e. The minimum absolute atomic E-state index is 0.0643. The zero-order chi connectivity index (χ0) is 15.9. The van der Waals surface area contributed by atoms with Crippen molar-refractivity contribution < 1.29 is 9.53 Å². The van der Waals surface area contributed by atoms with E-state index in [0.29, 0.717) is 6.54 Å². The molecule has 118 valence electrons. The molecule has 0 fully saturated rings. The van der Waals surface area contributed by atoms with Gasteiger partial charge in [-0.1, -0.05) is 12.1 Å². The van der Waals surface area contributed by atoms with Crippen LogP contribution >= 0.6 is 11.3 Å². The second kappa shape index (κ2) is 7.84. The molecule has 22 heavy (non-hydrogen) atoms. The van der Waals surface area contributed by atoms with Gasteiger partial charge in [-0.3, -0.25) is 0 Å². The third-order valence-corrected chi connectivity index (χ3v) is 4.12. The Kier molecular flexibility index (Phi) is 5.83. The van der Waals surface area contributed by atoms with E-state index in [-0.39, 0.29) is 12.1 Å². The van der Waals surface area contributed by atoms with Gasteiger partial charge in [0.05, 0.1) is 7.11 Å². The maximum Gasteiger partial charge on any atom is 0.317 e. The maximum absolute atomic E-state index is 12.2. The van der Waals surface area contributed by atoms with Crippen molar-refractivity contribution in [1.29, 1.82) is 0 Å². The lowest BCUT2D eigenvalue weighted by Gasteiger charge is -2.21. The van der Waals surface area contributed by atoms with Gasteiger partial charge >= 0.3 is 6.03 Å². The molecule has 0 saturated carbocycles. The SMILES string of the molecule is COc1cccc(CN(C)C(=O)N[C@@H](C)Cc2ccsc2)c1. The summed E-state index contributed by atoms with van der Waals surface area (Å²) in [4.78, 5) is 13.9. The first-order valence-electron chi connectivity index (χ1n) is 7.24. The first-order valence-corrected chi connectivity index (χ1v) is 8.18. The zero-order valence-electron chi connectivity index (χ0n) is 13.2. The molecule has 0 aliphatic heterocycles. The molecule has 1 N–H and O–H groups in total. The summed E-state index contributed by atoms with van der Waals surface area (Å²) in [5, 5.41) is 7.20. The molecule has 4 nitrogen and oxygen atoms in total. The minimum atomic E-state index is -0.0643. The van der Waals surface area contributed by atoms with Gasteiger partial charge in [-0.15, -0.1) is 0 Å². The van der Waals surface area contributed by atoms with E-state index >= 15 is 0 Å². The van der Waals surface area contributed by atoms with Crippen LogP contribution in [0.3, 0.4) is 0 Å². The normalized spacial score (nSPS) is 11.8. The Morgan fingerprint density at radius 1 is 1.36 bits per heavy atom. The molecule has 1 aromatic carbocycles. The number of rotatable bonds is 6. The van der Waals surface area contributed by atoms with Crippen LogP contribution in [0.25, 0.3) is 0 Å². The van der Waals surface area contributed by atoms with E-state index in [1.54, 1.807) is 30.4 Å². The Balaban J connectivity index is 1.85. The summed E-state index contributed by atoms with van der Waals surface area (Å²) in [5.41, 5.74) is 2.30. The van der Waals surface area contributed by atoms with Crippen LogP contribution in [0, 0.1) is 0 Å². The highest BCUT2D eigenvalue weighted by atomic mass is 32.1. The van der Waals surface area contributed by atoms with Gasteiger partial charge in [0.2, 0.25) is 0 Å². The number of hydrogen-bond acceptors (Lipinski definition) is 3. The van der Waals surface area contributed by atoms with Crippen LogP contribution in [0.1, 0.15) is 18.1 Å². The van der Waals surface area contributed by atoms with E-state index in [9.17, 15) is 4.79 Å². The Bertz CT molecular complexity index is 598. The van der Waals surface area contributed by atoms with Crippen molar-refractivity contribution in [1.82, 2.24) is 10.2 Å². The van der Waals surface area contributed by atoms with Crippen LogP contribution in [-0.2, 0) is 13.0 Å². The Hall–Kier alpha value is -2.01. The van der Waals surface area contributed by atoms with Crippen LogP contribution in [0.15, 0.2) is 41.1 Å². The molecule has 1 atom stereocenters. The molecule has 0 saturated heterocycles. The number of methoxy groups -OCH3 is 1. The fraction of sp³-hybridized carbons (Fsp3) is 0.353. The molecule has 0 spiro atoms. The number of carbonyl (C=O) groups excluding carboxylic acids is 1. The number of benzene rings is 1. The molecular weight excluding hydrogens is 296 g/mol. The van der Waals surface area contributed by atoms with Crippen LogP contribution < -0.4 is 10.1 Å². The molecular formula is C17H22N2O2S. The number of nitrogens with one attached hydrogen (secondary N) is 1. The largest absolute Gasteiger partial charge is 0.497 e. The zero-order valence-corrected chi connectivity index (χ0v) is 14.0. The molecule has 5 heteroatoms. The van der Waals surface area contributed by atoms with Gasteiger partial charge in [0, 0.05) is 19.6 Å². The number of carbonyl (C=O) groups is 1. The molecule has 2 aromatic rings. The highest BCUT2D eigenvalue weighted by Gasteiger charge is 2.13. The summed E-state index contributed by atoms with van der Waals surface area (Å²) >= 11 is 1.68. The molecule has 0 aliphatic carbocycles. The van der Waals surface area contributed by atoms with Crippen LogP contribution in [0.2, 0.25) is 0 Å². The van der Waals surface area contributed by atoms with E-state index in [0.717, 1.165) is 17.7 Å². The summed E-state index contributed by atoms with van der Waals surface area (Å²) in [6.45, 7) is 2.57. The molecule has 0 aliphatic rings. The van der Waals surface area contributed by atoms with E-state index < -0.39 is 0 Å². The van der Waals surface area contributed by atoms with Gasteiger partial charge in [-0.25, -0.2) is 4.79 Å². The molecule has 2 rings (SSSR count). The van der Waals surface area contributed by atoms with Crippen molar-refractivity contribution in [2.45, 2.75) is 25.9 Å². The third kappa shape index (κ3) is 4.77. The Morgan fingerprint density at radius 3 is 2.86 bits per heavy atom. The van der Waals surface area contributed by atoms with Gasteiger partial charge in [0.25, 0.3) is 0 Å². The Labute approximate surface area is 135 Å². The lowest BCUT2D eigenvalue weighted by atomic mass is 10.1. The topological polar surface area (TPSA) is 41.6 Å². The van der Waals surface area contributed by atoms with Crippen molar-refractivity contribution in [2.75, 3.05) is 14.2 Å². The summed E-state index contributed by atoms with van der Waals surface area (Å²) in [5.74, 6) is 0.803. The number of urea groups is 1. The molecule has 0 bridgehead atoms. The van der Waals surface area contributed by atoms with Crippen LogP contribution in [0.5, 0.6) is 5.75 Å². The number of nitrogens with zero attached hydrogens (tertiary/aromatic N) is 1. The second-order valence-electron chi connectivity index (χ2n) is 5.39. The fourth-order valence-corrected chi connectivity index (χ4v) is 2.93. The maximum atomic E-state index is 12.2. The fourth-order valence-electron chi connectivity index (χ4n) is 2.25. The molecule has 2 amide bonds. The lowest BCUT2D eigenvalue weighted by molar-refractivity contribution is 0.203. The summed E-state index contributed by atoms with van der Waals surface area (Å²) in [6.07, 6.45) is 0.849. The monoisotopic (exact) mass is 318 g/mol. The number of thiophene rings is 1. The number of amides is 2. The summed E-state index contributed by atoms with van der Waals surface area (Å²) < 4.78 is 5.20. The van der Waals surface area contributed by atoms with Crippen LogP contribution in [-0.4, -0.2) is 31.1 Å². The van der Waals surface area contributed by atoms with Gasteiger partial charge in [0.15, 0.2) is 0 Å². The lowest BCUT2D eigenvalue weighted by Crippen LogP contribution is -2.42. The average molecular weight is 318 g/mol. The highest BCUT2D eigenvalue weighted by molar-refractivity contribution is 7.07. The molecule has 1 aromatic heterocycles. The minimum Gasteiger partial charge on any atom is -0.497 e. The Morgan fingerprint density at radius 2 is 2.18 bits per heavy atom. The summed E-state index contributed by atoms with van der Waals surface area (Å²) in [7, 11) is 3.44. The summed E-state index contributed by atoms with van der Waals surface area (Å²) in [6, 6.07) is 9.89. The van der Waals surface area contributed by atoms with Crippen molar-refractivity contribution in [3.05, 3.63) is 52.2 Å². The predicted molar refractivity (Wildman–Crippen MR) is 90.5 cm³/mol. The van der Waals surface area contributed by atoms with Crippen molar-refractivity contribution in [2.24, 2.45) is 0 Å². The number of ether oxygens (including phenoxy) is 1. The van der Waals surface area contributed by atoms with Crippen molar-refractivity contribution >= 4 is 17.4 Å². The molecule has 0 unspecified atom stereocenters. The van der Waals surface area contributed by atoms with E-state index in [1.807, 2.05) is 31.2 Å². The van der Waals surface area contributed by atoms with Crippen molar-refractivity contribution in [3.63, 3.8) is 0 Å². The van der Waals surface area contributed by atoms with Crippen molar-refractivity contribution in [3.8, 4) is 5.75 Å². The number of hydrogen-bond donors (Lipinski definition) is 1. The first-order chi connectivity index (χ1) is 10.6.